The number of thiazole rings is 1. The van der Waals surface area contributed by atoms with Crippen molar-refractivity contribution in [3.8, 4) is 11.3 Å². The average Bonchev–Trinajstić information content (AvgIpc) is 2.98. The summed E-state index contributed by atoms with van der Waals surface area (Å²) in [7, 11) is 0. The van der Waals surface area contributed by atoms with Crippen LogP contribution in [0.1, 0.15) is 25.0 Å². The highest BCUT2D eigenvalue weighted by molar-refractivity contribution is 7.14. The summed E-state index contributed by atoms with van der Waals surface area (Å²) in [6.07, 6.45) is 1.12. The molecule has 0 fully saturated rings. The van der Waals surface area contributed by atoms with E-state index in [1.165, 1.54) is 16.7 Å². The molecule has 1 aliphatic rings. The van der Waals surface area contributed by atoms with Crippen LogP contribution in [0.2, 0.25) is 0 Å². The minimum absolute atomic E-state index is 0.997. The second-order valence-corrected chi connectivity index (χ2v) is 5.93. The summed E-state index contributed by atoms with van der Waals surface area (Å²) in [5.41, 5.74) is 5.26. The molecule has 4 heteroatoms. The SMILES string of the molecule is CCN(CC)c1nc(-c2ccc3c(c2)CCNC3)cs1. The topological polar surface area (TPSA) is 28.2 Å². The fraction of sp³-hybridized carbons (Fsp3) is 0.438. The molecule has 1 N–H and O–H groups in total. The molecule has 2 aromatic rings. The van der Waals surface area contributed by atoms with Gasteiger partial charge in [0, 0.05) is 30.6 Å². The van der Waals surface area contributed by atoms with Crippen molar-refractivity contribution in [2.45, 2.75) is 26.8 Å². The Labute approximate surface area is 124 Å². The first-order valence-electron chi connectivity index (χ1n) is 7.35. The Morgan fingerprint density at radius 1 is 1.25 bits per heavy atom. The van der Waals surface area contributed by atoms with Crippen LogP contribution in [0.5, 0.6) is 0 Å². The van der Waals surface area contributed by atoms with E-state index in [9.17, 15) is 0 Å². The molecule has 1 aromatic heterocycles. The van der Waals surface area contributed by atoms with E-state index in [0.717, 1.165) is 43.4 Å². The Kier molecular flexibility index (Phi) is 4.03. The van der Waals surface area contributed by atoms with Crippen LogP contribution in [0, 0.1) is 0 Å². The van der Waals surface area contributed by atoms with E-state index in [0.29, 0.717) is 0 Å². The van der Waals surface area contributed by atoms with E-state index in [2.05, 4.69) is 47.6 Å². The zero-order chi connectivity index (χ0) is 13.9. The molecule has 0 spiro atoms. The van der Waals surface area contributed by atoms with Crippen LogP contribution in [0.4, 0.5) is 5.13 Å². The van der Waals surface area contributed by atoms with Crippen molar-refractivity contribution in [1.29, 1.82) is 0 Å². The van der Waals surface area contributed by atoms with Gasteiger partial charge in [0.05, 0.1) is 5.69 Å². The normalized spacial score (nSPS) is 14.1. The van der Waals surface area contributed by atoms with Crippen LogP contribution in [-0.4, -0.2) is 24.6 Å². The minimum Gasteiger partial charge on any atom is -0.349 e. The molecular weight excluding hydrogens is 266 g/mol. The molecule has 3 nitrogen and oxygen atoms in total. The van der Waals surface area contributed by atoms with Gasteiger partial charge in [-0.1, -0.05) is 12.1 Å². The first-order valence-corrected chi connectivity index (χ1v) is 8.23. The molecule has 20 heavy (non-hydrogen) atoms. The van der Waals surface area contributed by atoms with Crippen molar-refractivity contribution in [3.63, 3.8) is 0 Å². The number of anilines is 1. The number of fused-ring (bicyclic) bond motifs is 1. The lowest BCUT2D eigenvalue weighted by Crippen LogP contribution is -2.23. The number of nitrogens with one attached hydrogen (secondary N) is 1. The lowest BCUT2D eigenvalue weighted by atomic mass is 9.98. The molecule has 0 saturated carbocycles. The number of hydrogen-bond acceptors (Lipinski definition) is 4. The Balaban J connectivity index is 1.89. The third-order valence-corrected chi connectivity index (χ3v) is 4.82. The second-order valence-electron chi connectivity index (χ2n) is 5.10. The highest BCUT2D eigenvalue weighted by atomic mass is 32.1. The van der Waals surface area contributed by atoms with Crippen molar-refractivity contribution in [1.82, 2.24) is 10.3 Å². The zero-order valence-electron chi connectivity index (χ0n) is 12.1. The van der Waals surface area contributed by atoms with Crippen LogP contribution in [-0.2, 0) is 13.0 Å². The lowest BCUT2D eigenvalue weighted by molar-refractivity contribution is 0.644. The molecule has 0 amide bonds. The predicted octanol–water partition coefficient (Wildman–Crippen LogP) is 3.30. The standard InChI is InChI=1S/C16H21N3S/c1-3-19(4-2)16-18-15(11-20-16)13-5-6-14-10-17-8-7-12(14)9-13/h5-6,9,11,17H,3-4,7-8,10H2,1-2H3. The summed E-state index contributed by atoms with van der Waals surface area (Å²) in [5.74, 6) is 0. The summed E-state index contributed by atoms with van der Waals surface area (Å²) in [6, 6.07) is 6.76. The maximum absolute atomic E-state index is 4.80. The van der Waals surface area contributed by atoms with Gasteiger partial charge in [-0.25, -0.2) is 4.98 Å². The molecular formula is C16H21N3S. The molecule has 0 bridgehead atoms. The van der Waals surface area contributed by atoms with Crippen molar-refractivity contribution in [2.24, 2.45) is 0 Å². The fourth-order valence-electron chi connectivity index (χ4n) is 2.67. The third kappa shape index (κ3) is 2.58. The molecule has 1 aromatic carbocycles. The van der Waals surface area contributed by atoms with Crippen molar-refractivity contribution < 1.29 is 0 Å². The molecule has 106 valence electrons. The molecule has 2 heterocycles. The summed E-state index contributed by atoms with van der Waals surface area (Å²) in [6.45, 7) is 8.46. The third-order valence-electron chi connectivity index (χ3n) is 3.91. The van der Waals surface area contributed by atoms with Crippen molar-refractivity contribution in [3.05, 3.63) is 34.7 Å². The fourth-order valence-corrected chi connectivity index (χ4v) is 3.64. The smallest absolute Gasteiger partial charge is 0.185 e. The van der Waals surface area contributed by atoms with E-state index >= 15 is 0 Å². The molecule has 0 unspecified atom stereocenters. The van der Waals surface area contributed by atoms with Crippen molar-refractivity contribution in [2.75, 3.05) is 24.5 Å². The largest absolute Gasteiger partial charge is 0.349 e. The van der Waals surface area contributed by atoms with Gasteiger partial charge in [-0.15, -0.1) is 11.3 Å². The maximum atomic E-state index is 4.80. The number of benzene rings is 1. The van der Waals surface area contributed by atoms with Crippen LogP contribution < -0.4 is 10.2 Å². The number of rotatable bonds is 4. The highest BCUT2D eigenvalue weighted by Crippen LogP contribution is 2.29. The van der Waals surface area contributed by atoms with Gasteiger partial charge in [0.2, 0.25) is 0 Å². The predicted molar refractivity (Wildman–Crippen MR) is 86.5 cm³/mol. The highest BCUT2D eigenvalue weighted by Gasteiger charge is 2.12. The van der Waals surface area contributed by atoms with Gasteiger partial charge >= 0.3 is 0 Å². The summed E-state index contributed by atoms with van der Waals surface area (Å²) in [4.78, 5) is 7.10. The second kappa shape index (κ2) is 5.94. The quantitative estimate of drug-likeness (QED) is 0.935. The number of nitrogens with zero attached hydrogens (tertiary/aromatic N) is 2. The number of hydrogen-bond donors (Lipinski definition) is 1. The van der Waals surface area contributed by atoms with E-state index in [4.69, 9.17) is 4.98 Å². The molecule has 0 radical (unpaired) electrons. The first-order chi connectivity index (χ1) is 9.81. The van der Waals surface area contributed by atoms with E-state index in [1.807, 2.05) is 0 Å². The Hall–Kier alpha value is -1.39. The van der Waals surface area contributed by atoms with E-state index < -0.39 is 0 Å². The molecule has 1 aliphatic heterocycles. The van der Waals surface area contributed by atoms with Crippen LogP contribution >= 0.6 is 11.3 Å². The Morgan fingerprint density at radius 3 is 2.90 bits per heavy atom. The zero-order valence-corrected chi connectivity index (χ0v) is 13.0. The van der Waals surface area contributed by atoms with Gasteiger partial charge in [-0.2, -0.15) is 0 Å². The van der Waals surface area contributed by atoms with Crippen LogP contribution in [0.25, 0.3) is 11.3 Å². The summed E-state index contributed by atoms with van der Waals surface area (Å²) >= 11 is 1.74. The Morgan fingerprint density at radius 2 is 2.10 bits per heavy atom. The summed E-state index contributed by atoms with van der Waals surface area (Å²) in [5, 5.41) is 6.72. The van der Waals surface area contributed by atoms with Gasteiger partial charge in [0.25, 0.3) is 0 Å². The van der Waals surface area contributed by atoms with E-state index in [-0.39, 0.29) is 0 Å². The maximum Gasteiger partial charge on any atom is 0.185 e. The number of aromatic nitrogens is 1. The van der Waals surface area contributed by atoms with Gasteiger partial charge in [-0.05, 0) is 44.0 Å². The van der Waals surface area contributed by atoms with Crippen molar-refractivity contribution >= 4 is 16.5 Å². The molecule has 3 rings (SSSR count). The summed E-state index contributed by atoms with van der Waals surface area (Å²) < 4.78 is 0. The van der Waals surface area contributed by atoms with Gasteiger partial charge in [-0.3, -0.25) is 0 Å². The minimum atomic E-state index is 0.997. The van der Waals surface area contributed by atoms with Gasteiger partial charge in [0.1, 0.15) is 0 Å². The Bertz CT molecular complexity index is 587. The average molecular weight is 287 g/mol. The molecule has 0 atom stereocenters. The van der Waals surface area contributed by atoms with Gasteiger partial charge in [0.15, 0.2) is 5.13 Å². The van der Waals surface area contributed by atoms with E-state index in [1.54, 1.807) is 11.3 Å². The molecule has 0 aliphatic carbocycles. The van der Waals surface area contributed by atoms with Crippen LogP contribution in [0.3, 0.4) is 0 Å². The van der Waals surface area contributed by atoms with Crippen LogP contribution in [0.15, 0.2) is 23.6 Å². The lowest BCUT2D eigenvalue weighted by Gasteiger charge is -2.18. The first kappa shape index (κ1) is 13.6. The van der Waals surface area contributed by atoms with Gasteiger partial charge < -0.3 is 10.2 Å². The monoisotopic (exact) mass is 287 g/mol. The molecule has 0 saturated heterocycles.